The van der Waals surface area contributed by atoms with Crippen LogP contribution in [0.25, 0.3) is 0 Å². The van der Waals surface area contributed by atoms with Crippen molar-refractivity contribution >= 4 is 27.5 Å². The van der Waals surface area contributed by atoms with Crippen molar-refractivity contribution in [1.82, 2.24) is 14.2 Å². The molecule has 47 heavy (non-hydrogen) atoms. The molecule has 2 heterocycles. The zero-order valence-electron chi connectivity index (χ0n) is 27.8. The molecule has 0 saturated heterocycles. The number of aromatic nitrogens is 1. The largest absolute Gasteiger partial charge is 0.490 e. The Morgan fingerprint density at radius 3 is 2.49 bits per heavy atom. The minimum absolute atomic E-state index is 0.0776. The number of carbonyl (C=O) groups is 2. The van der Waals surface area contributed by atoms with E-state index in [1.807, 2.05) is 20.8 Å². The third-order valence-electron chi connectivity index (χ3n) is 8.42. The third kappa shape index (κ3) is 9.38. The van der Waals surface area contributed by atoms with E-state index in [9.17, 15) is 23.1 Å². The van der Waals surface area contributed by atoms with E-state index in [1.165, 1.54) is 23.7 Å². The van der Waals surface area contributed by atoms with Gasteiger partial charge in [0.2, 0.25) is 10.0 Å². The molecule has 0 spiro atoms. The van der Waals surface area contributed by atoms with Crippen molar-refractivity contribution in [1.29, 1.82) is 0 Å². The number of hydrogen-bond donors (Lipinski definition) is 2. The predicted molar refractivity (Wildman–Crippen MR) is 180 cm³/mol. The van der Waals surface area contributed by atoms with E-state index >= 15 is 0 Å². The molecule has 254 valence electrons. The van der Waals surface area contributed by atoms with Gasteiger partial charge in [-0.05, 0) is 82.5 Å². The van der Waals surface area contributed by atoms with Gasteiger partial charge < -0.3 is 24.8 Å². The van der Waals surface area contributed by atoms with Crippen LogP contribution in [0.4, 0.5) is 5.69 Å². The predicted octanol–water partition coefficient (Wildman–Crippen LogP) is 4.76. The van der Waals surface area contributed by atoms with Gasteiger partial charge in [-0.3, -0.25) is 14.6 Å². The summed E-state index contributed by atoms with van der Waals surface area (Å²) in [6, 6.07) is 14.3. The van der Waals surface area contributed by atoms with Crippen LogP contribution in [0.15, 0.2) is 71.9 Å². The number of aryl methyl sites for hydroxylation is 1. The Morgan fingerprint density at radius 2 is 1.81 bits per heavy atom. The number of aliphatic hydroxyl groups is 1. The van der Waals surface area contributed by atoms with Gasteiger partial charge in [0.15, 0.2) is 0 Å². The summed E-state index contributed by atoms with van der Waals surface area (Å²) in [5.74, 6) is -0.684. The van der Waals surface area contributed by atoms with Gasteiger partial charge in [0.1, 0.15) is 5.75 Å². The van der Waals surface area contributed by atoms with Crippen molar-refractivity contribution in [2.24, 2.45) is 5.92 Å². The van der Waals surface area contributed by atoms with Crippen LogP contribution in [0.2, 0.25) is 0 Å². The van der Waals surface area contributed by atoms with E-state index in [0.717, 1.165) is 18.4 Å². The zero-order valence-corrected chi connectivity index (χ0v) is 28.6. The van der Waals surface area contributed by atoms with Crippen LogP contribution in [0.3, 0.4) is 0 Å². The number of aliphatic hydroxyl groups excluding tert-OH is 1. The summed E-state index contributed by atoms with van der Waals surface area (Å²) in [5.41, 5.74) is 2.03. The highest BCUT2D eigenvalue weighted by Crippen LogP contribution is 2.29. The highest BCUT2D eigenvalue weighted by molar-refractivity contribution is 7.89. The molecule has 1 aromatic heterocycles. The van der Waals surface area contributed by atoms with Gasteiger partial charge in [-0.25, -0.2) is 8.42 Å². The first-order valence-corrected chi connectivity index (χ1v) is 17.4. The maximum absolute atomic E-state index is 14.3. The second-order valence-electron chi connectivity index (χ2n) is 12.3. The number of rotatable bonds is 8. The molecule has 2 N–H and O–H groups in total. The monoisotopic (exact) mass is 666 g/mol. The third-order valence-corrected chi connectivity index (χ3v) is 10.3. The number of hydrogen-bond acceptors (Lipinski definition) is 8. The molecular weight excluding hydrogens is 620 g/mol. The number of nitrogens with zero attached hydrogens (tertiary/aromatic N) is 3. The molecule has 2 amide bonds. The summed E-state index contributed by atoms with van der Waals surface area (Å²) in [5, 5.41) is 13.1. The molecule has 1 aliphatic heterocycles. The summed E-state index contributed by atoms with van der Waals surface area (Å²) >= 11 is 0. The lowest BCUT2D eigenvalue weighted by Crippen LogP contribution is -2.48. The van der Waals surface area contributed by atoms with Gasteiger partial charge in [-0.15, -0.1) is 0 Å². The molecule has 0 fully saturated rings. The smallest absolute Gasteiger partial charge is 0.258 e. The van der Waals surface area contributed by atoms with Gasteiger partial charge in [0.05, 0.1) is 35.3 Å². The minimum Gasteiger partial charge on any atom is -0.490 e. The van der Waals surface area contributed by atoms with Crippen molar-refractivity contribution in [3.8, 4) is 5.75 Å². The van der Waals surface area contributed by atoms with Crippen molar-refractivity contribution in [2.45, 2.75) is 70.1 Å². The summed E-state index contributed by atoms with van der Waals surface area (Å²) < 4.78 is 40.8. The highest BCUT2D eigenvalue weighted by atomic mass is 32.2. The van der Waals surface area contributed by atoms with Crippen LogP contribution in [0.1, 0.15) is 66.3 Å². The van der Waals surface area contributed by atoms with Crippen LogP contribution in [-0.2, 0) is 14.8 Å². The van der Waals surface area contributed by atoms with Gasteiger partial charge >= 0.3 is 0 Å². The molecule has 12 heteroatoms. The molecule has 0 aliphatic carbocycles. The molecule has 2 aromatic carbocycles. The summed E-state index contributed by atoms with van der Waals surface area (Å²) in [6.45, 7) is 7.87. The topological polar surface area (TPSA) is 138 Å². The molecular formula is C35H46N4O7S. The Hall–Kier alpha value is -3.84. The Balaban J connectivity index is 1.65. The Kier molecular flexibility index (Phi) is 12.5. The molecule has 0 unspecified atom stereocenters. The van der Waals surface area contributed by atoms with Crippen LogP contribution in [0.5, 0.6) is 5.75 Å². The molecule has 0 saturated carbocycles. The van der Waals surface area contributed by atoms with Crippen LogP contribution in [-0.4, -0.2) is 91.1 Å². The fourth-order valence-electron chi connectivity index (χ4n) is 5.41. The maximum atomic E-state index is 14.3. The number of benzene rings is 2. The number of sulfonamides is 1. The molecule has 4 atom stereocenters. The van der Waals surface area contributed by atoms with E-state index in [1.54, 1.807) is 66.4 Å². The second kappa shape index (κ2) is 16.3. The number of fused-ring (bicyclic) bond motifs is 1. The number of ether oxygens (including phenoxy) is 2. The standard InChI is InChI=1S/C35H46N4O7S/c1-24-9-12-30(13-10-24)47(43,44)38(5)22-33-25(2)21-39(26(3)23-40)35(42)31-20-29(37-34(41)28-15-17-36-18-16-28)11-14-32(31)46-27(4)8-6-7-19-45-33/h9-18,20,25-27,33,40H,6-8,19,21-23H2,1-5H3,(H,37,41)/t25-,26+,27+,33-/m1/s1. The zero-order chi connectivity index (χ0) is 34.1. The molecule has 0 bridgehead atoms. The van der Waals surface area contributed by atoms with Crippen molar-refractivity contribution in [3.05, 3.63) is 83.7 Å². The summed E-state index contributed by atoms with van der Waals surface area (Å²) in [6.07, 6.45) is 4.55. The van der Waals surface area contributed by atoms with Gasteiger partial charge in [-0.1, -0.05) is 24.6 Å². The Labute approximate surface area is 278 Å². The normalized spacial score (nSPS) is 20.5. The van der Waals surface area contributed by atoms with Gasteiger partial charge in [0, 0.05) is 56.3 Å². The Bertz CT molecular complexity index is 1600. The fraction of sp³-hybridized carbons (Fsp3) is 0.457. The number of carbonyl (C=O) groups excluding carboxylic acids is 2. The first kappa shape index (κ1) is 36.0. The lowest BCUT2D eigenvalue weighted by atomic mass is 10.0. The summed E-state index contributed by atoms with van der Waals surface area (Å²) in [7, 11) is -2.25. The lowest BCUT2D eigenvalue weighted by molar-refractivity contribution is -0.00834. The number of anilines is 1. The molecule has 11 nitrogen and oxygen atoms in total. The average molecular weight is 667 g/mol. The summed E-state index contributed by atoms with van der Waals surface area (Å²) in [4.78, 5) is 32.9. The highest BCUT2D eigenvalue weighted by Gasteiger charge is 2.32. The molecule has 1 aliphatic rings. The lowest BCUT2D eigenvalue weighted by Gasteiger charge is -2.35. The van der Waals surface area contributed by atoms with Crippen LogP contribution < -0.4 is 10.1 Å². The van der Waals surface area contributed by atoms with E-state index < -0.39 is 28.1 Å². The number of pyridine rings is 1. The van der Waals surface area contributed by atoms with Gasteiger partial charge in [0.25, 0.3) is 11.8 Å². The first-order valence-electron chi connectivity index (χ1n) is 16.0. The van der Waals surface area contributed by atoms with Crippen molar-refractivity contribution in [2.75, 3.05) is 38.7 Å². The van der Waals surface area contributed by atoms with E-state index in [4.69, 9.17) is 9.47 Å². The van der Waals surface area contributed by atoms with Gasteiger partial charge in [-0.2, -0.15) is 4.31 Å². The van der Waals surface area contributed by atoms with E-state index in [-0.39, 0.29) is 48.1 Å². The van der Waals surface area contributed by atoms with Crippen LogP contribution >= 0.6 is 0 Å². The van der Waals surface area contributed by atoms with Crippen molar-refractivity contribution in [3.63, 3.8) is 0 Å². The SMILES string of the molecule is Cc1ccc(S(=O)(=O)N(C)C[C@H]2OCCCC[C@H](C)Oc3ccc(NC(=O)c4ccncc4)cc3C(=O)N([C@@H](C)CO)C[C@H]2C)cc1. The molecule has 3 aromatic rings. The number of nitrogens with one attached hydrogen (secondary N) is 1. The van der Waals surface area contributed by atoms with E-state index in [2.05, 4.69) is 10.3 Å². The molecule has 0 radical (unpaired) electrons. The average Bonchev–Trinajstić information content (AvgIpc) is 3.06. The van der Waals surface area contributed by atoms with E-state index in [0.29, 0.717) is 30.0 Å². The molecule has 4 rings (SSSR count). The number of likely N-dealkylation sites (N-methyl/N-ethyl adjacent to an activating group) is 1. The second-order valence-corrected chi connectivity index (χ2v) is 14.3. The minimum atomic E-state index is -3.79. The maximum Gasteiger partial charge on any atom is 0.258 e. The first-order chi connectivity index (χ1) is 22.4. The number of amides is 2. The van der Waals surface area contributed by atoms with Crippen molar-refractivity contribution < 1.29 is 32.6 Å². The Morgan fingerprint density at radius 1 is 1.11 bits per heavy atom. The quantitative estimate of drug-likeness (QED) is 0.351. The van der Waals surface area contributed by atoms with Crippen LogP contribution in [0, 0.1) is 12.8 Å². The fourth-order valence-corrected chi connectivity index (χ4v) is 6.59.